The second kappa shape index (κ2) is 4.63. The van der Waals surface area contributed by atoms with Crippen molar-refractivity contribution in [2.75, 3.05) is 0 Å². The maximum Gasteiger partial charge on any atom is 0.303 e. The first kappa shape index (κ1) is 11.3. The molecule has 0 atom stereocenters. The van der Waals surface area contributed by atoms with Crippen molar-refractivity contribution >= 4 is 5.97 Å². The summed E-state index contributed by atoms with van der Waals surface area (Å²) in [6.45, 7) is 0. The molecular formula is C10H11FO4. The molecule has 0 aromatic heterocycles. The first-order valence-corrected chi connectivity index (χ1v) is 4.43. The van der Waals surface area contributed by atoms with Crippen LogP contribution >= 0.6 is 0 Å². The van der Waals surface area contributed by atoms with Gasteiger partial charge in [0.05, 0.1) is 0 Å². The Morgan fingerprint density at radius 3 is 2.60 bits per heavy atom. The van der Waals surface area contributed by atoms with Gasteiger partial charge in [-0.05, 0) is 24.5 Å². The van der Waals surface area contributed by atoms with Crippen LogP contribution in [0.3, 0.4) is 0 Å². The second-order valence-corrected chi connectivity index (χ2v) is 3.15. The third-order valence-electron chi connectivity index (χ3n) is 2.01. The highest BCUT2D eigenvalue weighted by molar-refractivity contribution is 5.66. The fourth-order valence-electron chi connectivity index (χ4n) is 1.22. The van der Waals surface area contributed by atoms with E-state index in [-0.39, 0.29) is 24.8 Å². The Morgan fingerprint density at radius 1 is 1.33 bits per heavy atom. The molecule has 15 heavy (non-hydrogen) atoms. The Labute approximate surface area is 85.6 Å². The van der Waals surface area contributed by atoms with Crippen molar-refractivity contribution in [2.45, 2.75) is 19.3 Å². The Morgan fingerprint density at radius 2 is 2.00 bits per heavy atom. The van der Waals surface area contributed by atoms with Gasteiger partial charge < -0.3 is 15.3 Å². The van der Waals surface area contributed by atoms with Gasteiger partial charge in [-0.2, -0.15) is 0 Å². The summed E-state index contributed by atoms with van der Waals surface area (Å²) in [5.74, 6) is -3.14. The van der Waals surface area contributed by atoms with E-state index in [4.69, 9.17) is 15.3 Å². The molecule has 0 saturated heterocycles. The van der Waals surface area contributed by atoms with Gasteiger partial charge in [0.15, 0.2) is 17.3 Å². The average Bonchev–Trinajstić information content (AvgIpc) is 2.18. The molecule has 0 aliphatic heterocycles. The summed E-state index contributed by atoms with van der Waals surface area (Å²) in [5.41, 5.74) is 0.201. The molecule has 3 N–H and O–H groups in total. The number of aromatic hydroxyl groups is 2. The zero-order chi connectivity index (χ0) is 11.4. The molecule has 1 aromatic carbocycles. The highest BCUT2D eigenvalue weighted by Crippen LogP contribution is 2.30. The lowest BCUT2D eigenvalue weighted by molar-refractivity contribution is -0.137. The third-order valence-corrected chi connectivity index (χ3v) is 2.01. The Hall–Kier alpha value is -1.78. The molecule has 0 unspecified atom stereocenters. The highest BCUT2D eigenvalue weighted by atomic mass is 19.1. The SMILES string of the molecule is O=C(O)CCCc1ccc(O)c(O)c1F. The summed E-state index contributed by atoms with van der Waals surface area (Å²) < 4.78 is 13.2. The smallest absolute Gasteiger partial charge is 0.303 e. The normalized spacial score (nSPS) is 10.2. The van der Waals surface area contributed by atoms with Crippen molar-refractivity contribution in [1.82, 2.24) is 0 Å². The van der Waals surface area contributed by atoms with Crippen LogP contribution in [0.2, 0.25) is 0 Å². The van der Waals surface area contributed by atoms with Crippen LogP contribution in [0.15, 0.2) is 12.1 Å². The molecule has 5 heteroatoms. The number of phenols is 2. The zero-order valence-electron chi connectivity index (χ0n) is 7.90. The van der Waals surface area contributed by atoms with Crippen LogP contribution in [0.25, 0.3) is 0 Å². The molecule has 1 rings (SSSR count). The maximum absolute atomic E-state index is 13.2. The van der Waals surface area contributed by atoms with E-state index in [2.05, 4.69) is 0 Å². The number of carboxylic acids is 1. The molecule has 0 saturated carbocycles. The molecule has 0 aliphatic carbocycles. The minimum absolute atomic E-state index is 0.0545. The van der Waals surface area contributed by atoms with E-state index in [1.54, 1.807) is 0 Å². The van der Waals surface area contributed by atoms with Gasteiger partial charge in [0.25, 0.3) is 0 Å². The van der Waals surface area contributed by atoms with Crippen LogP contribution in [-0.2, 0) is 11.2 Å². The van der Waals surface area contributed by atoms with Crippen LogP contribution in [-0.4, -0.2) is 21.3 Å². The molecule has 0 aliphatic rings. The number of carbonyl (C=O) groups is 1. The van der Waals surface area contributed by atoms with E-state index >= 15 is 0 Å². The van der Waals surface area contributed by atoms with Gasteiger partial charge in [0.1, 0.15) is 0 Å². The maximum atomic E-state index is 13.2. The van der Waals surface area contributed by atoms with Gasteiger partial charge in [-0.3, -0.25) is 4.79 Å². The van der Waals surface area contributed by atoms with E-state index in [1.165, 1.54) is 12.1 Å². The van der Waals surface area contributed by atoms with Crippen molar-refractivity contribution in [2.24, 2.45) is 0 Å². The number of carboxylic acid groups (broad SMARTS) is 1. The number of halogens is 1. The second-order valence-electron chi connectivity index (χ2n) is 3.15. The summed E-state index contributed by atoms with van der Waals surface area (Å²) in [4.78, 5) is 10.2. The summed E-state index contributed by atoms with van der Waals surface area (Å²) in [5, 5.41) is 26.4. The zero-order valence-corrected chi connectivity index (χ0v) is 7.90. The van der Waals surface area contributed by atoms with Gasteiger partial charge in [-0.15, -0.1) is 0 Å². The predicted molar refractivity (Wildman–Crippen MR) is 50.3 cm³/mol. The van der Waals surface area contributed by atoms with Crippen LogP contribution in [0.4, 0.5) is 4.39 Å². The molecule has 82 valence electrons. The van der Waals surface area contributed by atoms with Gasteiger partial charge >= 0.3 is 5.97 Å². The van der Waals surface area contributed by atoms with Crippen molar-refractivity contribution < 1.29 is 24.5 Å². The van der Waals surface area contributed by atoms with Crippen molar-refractivity contribution in [3.05, 3.63) is 23.5 Å². The number of benzene rings is 1. The first-order valence-electron chi connectivity index (χ1n) is 4.43. The Kier molecular flexibility index (Phi) is 3.49. The topological polar surface area (TPSA) is 77.8 Å². The van der Waals surface area contributed by atoms with Crippen LogP contribution < -0.4 is 0 Å². The lowest BCUT2D eigenvalue weighted by Gasteiger charge is -2.05. The van der Waals surface area contributed by atoms with E-state index in [0.29, 0.717) is 0 Å². The molecule has 0 bridgehead atoms. The molecule has 0 heterocycles. The van der Waals surface area contributed by atoms with Crippen LogP contribution in [0, 0.1) is 5.82 Å². The summed E-state index contributed by atoms with van der Waals surface area (Å²) in [7, 11) is 0. The number of hydrogen-bond donors (Lipinski definition) is 3. The molecule has 0 radical (unpaired) electrons. The first-order chi connectivity index (χ1) is 7.02. The Balaban J connectivity index is 2.70. The standard InChI is InChI=1S/C10H11FO4/c11-9-6(2-1-3-8(13)14)4-5-7(12)10(9)15/h4-5,12,15H,1-3H2,(H,13,14). The van der Waals surface area contributed by atoms with E-state index < -0.39 is 23.3 Å². The van der Waals surface area contributed by atoms with Gasteiger partial charge in [0.2, 0.25) is 0 Å². The number of hydrogen-bond acceptors (Lipinski definition) is 3. The van der Waals surface area contributed by atoms with Crippen molar-refractivity contribution in [1.29, 1.82) is 0 Å². The van der Waals surface area contributed by atoms with Crippen molar-refractivity contribution in [3.8, 4) is 11.5 Å². The minimum atomic E-state index is -0.946. The number of aryl methyl sites for hydroxylation is 1. The van der Waals surface area contributed by atoms with Gasteiger partial charge in [-0.25, -0.2) is 4.39 Å². The molecular weight excluding hydrogens is 203 g/mol. The third kappa shape index (κ3) is 2.83. The van der Waals surface area contributed by atoms with Gasteiger partial charge in [-0.1, -0.05) is 6.07 Å². The lowest BCUT2D eigenvalue weighted by Crippen LogP contribution is -1.97. The molecule has 1 aromatic rings. The largest absolute Gasteiger partial charge is 0.504 e. The monoisotopic (exact) mass is 214 g/mol. The van der Waals surface area contributed by atoms with Crippen LogP contribution in [0.1, 0.15) is 18.4 Å². The van der Waals surface area contributed by atoms with Crippen LogP contribution in [0.5, 0.6) is 11.5 Å². The molecule has 4 nitrogen and oxygen atoms in total. The molecule has 0 spiro atoms. The fourth-order valence-corrected chi connectivity index (χ4v) is 1.22. The molecule has 0 amide bonds. The number of aliphatic carboxylic acids is 1. The minimum Gasteiger partial charge on any atom is -0.504 e. The van der Waals surface area contributed by atoms with E-state index in [0.717, 1.165) is 0 Å². The predicted octanol–water partition coefficient (Wildman–Crippen LogP) is 1.64. The fraction of sp³-hybridized carbons (Fsp3) is 0.300. The van der Waals surface area contributed by atoms with E-state index in [9.17, 15) is 9.18 Å². The molecule has 0 fully saturated rings. The van der Waals surface area contributed by atoms with Crippen molar-refractivity contribution in [3.63, 3.8) is 0 Å². The Bertz CT molecular complexity index is 376. The number of rotatable bonds is 4. The quantitative estimate of drug-likeness (QED) is 0.666. The summed E-state index contributed by atoms with van der Waals surface area (Å²) >= 11 is 0. The highest BCUT2D eigenvalue weighted by Gasteiger charge is 2.11. The van der Waals surface area contributed by atoms with Gasteiger partial charge in [0, 0.05) is 6.42 Å². The summed E-state index contributed by atoms with van der Waals surface area (Å²) in [6, 6.07) is 2.50. The lowest BCUT2D eigenvalue weighted by atomic mass is 10.1. The van der Waals surface area contributed by atoms with E-state index in [1.807, 2.05) is 0 Å². The number of phenolic OH excluding ortho intramolecular Hbond substituents is 2. The summed E-state index contributed by atoms with van der Waals surface area (Å²) in [6.07, 6.45) is 0.448. The average molecular weight is 214 g/mol.